The Labute approximate surface area is 121 Å². The molecule has 5 nitrogen and oxygen atoms in total. The van der Waals surface area contributed by atoms with Gasteiger partial charge in [-0.05, 0) is 38.3 Å². The van der Waals surface area contributed by atoms with Crippen molar-refractivity contribution < 1.29 is 9.47 Å². The van der Waals surface area contributed by atoms with Crippen molar-refractivity contribution in [1.82, 2.24) is 9.97 Å². The van der Waals surface area contributed by atoms with Crippen LogP contribution in [-0.4, -0.2) is 43.4 Å². The van der Waals surface area contributed by atoms with E-state index in [1.54, 1.807) is 7.11 Å². The van der Waals surface area contributed by atoms with Crippen molar-refractivity contribution in [3.05, 3.63) is 22.8 Å². The maximum Gasteiger partial charge on any atom is 0.131 e. The molecule has 0 spiro atoms. The molecule has 0 aliphatic carbocycles. The van der Waals surface area contributed by atoms with Gasteiger partial charge in [-0.2, -0.15) is 0 Å². The fourth-order valence-electron chi connectivity index (χ4n) is 2.06. The Morgan fingerprint density at radius 1 is 1.10 bits per heavy atom. The fourth-order valence-corrected chi connectivity index (χ4v) is 2.06. The van der Waals surface area contributed by atoms with E-state index in [1.807, 2.05) is 13.8 Å². The number of methoxy groups -OCH3 is 1. The lowest BCUT2D eigenvalue weighted by atomic mass is 9.99. The van der Waals surface area contributed by atoms with Gasteiger partial charge in [0.15, 0.2) is 0 Å². The van der Waals surface area contributed by atoms with E-state index in [0.29, 0.717) is 32.3 Å². The van der Waals surface area contributed by atoms with Gasteiger partial charge < -0.3 is 15.2 Å². The van der Waals surface area contributed by atoms with Crippen molar-refractivity contribution in [3.8, 4) is 0 Å². The lowest BCUT2D eigenvalue weighted by Gasteiger charge is -2.14. The van der Waals surface area contributed by atoms with Crippen LogP contribution in [0.5, 0.6) is 0 Å². The zero-order valence-corrected chi connectivity index (χ0v) is 13.1. The minimum Gasteiger partial charge on any atom is -0.382 e. The summed E-state index contributed by atoms with van der Waals surface area (Å²) < 4.78 is 10.4. The first-order valence-electron chi connectivity index (χ1n) is 7.18. The van der Waals surface area contributed by atoms with Crippen LogP contribution in [0.3, 0.4) is 0 Å². The molecule has 2 N–H and O–H groups in total. The van der Waals surface area contributed by atoms with Crippen molar-refractivity contribution in [3.63, 3.8) is 0 Å². The predicted octanol–water partition coefficient (Wildman–Crippen LogP) is 1.44. The highest BCUT2D eigenvalue weighted by Crippen LogP contribution is 2.15. The minimum absolute atomic E-state index is 0.458. The Morgan fingerprint density at radius 2 is 1.75 bits per heavy atom. The van der Waals surface area contributed by atoms with Crippen molar-refractivity contribution in [2.24, 2.45) is 11.7 Å². The van der Waals surface area contributed by atoms with Gasteiger partial charge >= 0.3 is 0 Å². The summed E-state index contributed by atoms with van der Waals surface area (Å²) in [6, 6.07) is 0. The first kappa shape index (κ1) is 17.0. The standard InChI is InChI=1S/C15H27N3O2/c1-11(10-16)9-14-12(2)17-15(18-13(14)3)5-6-20-8-7-19-4/h11H,5-10,16H2,1-4H3. The molecule has 5 heteroatoms. The molecule has 0 radical (unpaired) electrons. The normalized spacial score (nSPS) is 12.7. The molecule has 20 heavy (non-hydrogen) atoms. The molecule has 0 aromatic carbocycles. The summed E-state index contributed by atoms with van der Waals surface area (Å²) in [6.45, 7) is 8.78. The second kappa shape index (κ2) is 9.00. The molecule has 0 saturated heterocycles. The maximum atomic E-state index is 5.69. The van der Waals surface area contributed by atoms with Crippen molar-refractivity contribution in [2.45, 2.75) is 33.6 Å². The molecule has 0 fully saturated rings. The molecule has 1 unspecified atom stereocenters. The van der Waals surface area contributed by atoms with Gasteiger partial charge in [0.2, 0.25) is 0 Å². The van der Waals surface area contributed by atoms with E-state index >= 15 is 0 Å². The lowest BCUT2D eigenvalue weighted by molar-refractivity contribution is 0.0716. The van der Waals surface area contributed by atoms with Crippen LogP contribution in [0, 0.1) is 19.8 Å². The molecule has 0 bridgehead atoms. The molecule has 1 heterocycles. The number of hydrogen-bond acceptors (Lipinski definition) is 5. The predicted molar refractivity (Wildman–Crippen MR) is 79.8 cm³/mol. The highest BCUT2D eigenvalue weighted by atomic mass is 16.5. The Bertz CT molecular complexity index is 387. The first-order chi connectivity index (χ1) is 9.58. The number of aromatic nitrogens is 2. The van der Waals surface area contributed by atoms with Crippen molar-refractivity contribution in [1.29, 1.82) is 0 Å². The van der Waals surface area contributed by atoms with E-state index in [0.717, 1.165) is 30.1 Å². The molecule has 0 saturated carbocycles. The molecule has 1 atom stereocenters. The smallest absolute Gasteiger partial charge is 0.131 e. The van der Waals surface area contributed by atoms with E-state index in [2.05, 4.69) is 16.9 Å². The molecule has 114 valence electrons. The van der Waals surface area contributed by atoms with Crippen LogP contribution in [0.4, 0.5) is 0 Å². The SMILES string of the molecule is COCCOCCc1nc(C)c(CC(C)CN)c(C)n1. The summed E-state index contributed by atoms with van der Waals surface area (Å²) in [5.41, 5.74) is 9.04. The van der Waals surface area contributed by atoms with Gasteiger partial charge in [-0.15, -0.1) is 0 Å². The third kappa shape index (κ3) is 5.53. The van der Waals surface area contributed by atoms with Gasteiger partial charge in [0.1, 0.15) is 5.82 Å². The van der Waals surface area contributed by atoms with Crippen LogP contribution < -0.4 is 5.73 Å². The van der Waals surface area contributed by atoms with Crippen LogP contribution in [0.25, 0.3) is 0 Å². The van der Waals surface area contributed by atoms with Crippen LogP contribution in [0.2, 0.25) is 0 Å². The highest BCUT2D eigenvalue weighted by molar-refractivity contribution is 5.25. The maximum absolute atomic E-state index is 5.69. The summed E-state index contributed by atoms with van der Waals surface area (Å²) in [6.07, 6.45) is 1.68. The number of hydrogen-bond donors (Lipinski definition) is 1. The number of ether oxygens (including phenoxy) is 2. The third-order valence-corrected chi connectivity index (χ3v) is 3.32. The van der Waals surface area contributed by atoms with Crippen molar-refractivity contribution in [2.75, 3.05) is 33.5 Å². The monoisotopic (exact) mass is 281 g/mol. The quantitative estimate of drug-likeness (QED) is 0.694. The Kier molecular flexibility index (Phi) is 7.65. The zero-order valence-electron chi connectivity index (χ0n) is 13.1. The van der Waals surface area contributed by atoms with Gasteiger partial charge in [-0.1, -0.05) is 6.92 Å². The Hall–Kier alpha value is -1.04. The third-order valence-electron chi connectivity index (χ3n) is 3.32. The number of nitrogens with zero attached hydrogens (tertiary/aromatic N) is 2. The molecular formula is C15H27N3O2. The fraction of sp³-hybridized carbons (Fsp3) is 0.733. The molecule has 1 aromatic heterocycles. The van der Waals surface area contributed by atoms with E-state index in [1.165, 1.54) is 5.56 Å². The first-order valence-corrected chi connectivity index (χ1v) is 7.18. The molecular weight excluding hydrogens is 254 g/mol. The van der Waals surface area contributed by atoms with E-state index < -0.39 is 0 Å². The Balaban J connectivity index is 2.58. The molecule has 1 rings (SSSR count). The average Bonchev–Trinajstić information content (AvgIpc) is 2.42. The van der Waals surface area contributed by atoms with Crippen LogP contribution >= 0.6 is 0 Å². The van der Waals surface area contributed by atoms with Crippen LogP contribution in [0.15, 0.2) is 0 Å². The van der Waals surface area contributed by atoms with E-state index in [9.17, 15) is 0 Å². The van der Waals surface area contributed by atoms with Gasteiger partial charge in [0.25, 0.3) is 0 Å². The molecule has 0 aliphatic rings. The lowest BCUT2D eigenvalue weighted by Crippen LogP contribution is -2.16. The van der Waals surface area contributed by atoms with E-state index in [-0.39, 0.29) is 0 Å². The van der Waals surface area contributed by atoms with Crippen LogP contribution in [0.1, 0.15) is 29.7 Å². The number of aryl methyl sites for hydroxylation is 2. The molecule has 1 aromatic rings. The molecule has 0 amide bonds. The number of rotatable bonds is 9. The van der Waals surface area contributed by atoms with Gasteiger partial charge in [0, 0.05) is 24.9 Å². The van der Waals surface area contributed by atoms with Gasteiger partial charge in [-0.25, -0.2) is 9.97 Å². The topological polar surface area (TPSA) is 70.3 Å². The van der Waals surface area contributed by atoms with Crippen molar-refractivity contribution >= 4 is 0 Å². The summed E-state index contributed by atoms with van der Waals surface area (Å²) in [5, 5.41) is 0. The molecule has 0 aliphatic heterocycles. The second-order valence-corrected chi connectivity index (χ2v) is 5.19. The average molecular weight is 281 g/mol. The minimum atomic E-state index is 0.458. The zero-order chi connectivity index (χ0) is 15.0. The van der Waals surface area contributed by atoms with Gasteiger partial charge in [-0.3, -0.25) is 0 Å². The van der Waals surface area contributed by atoms with Gasteiger partial charge in [0.05, 0.1) is 19.8 Å². The van der Waals surface area contributed by atoms with E-state index in [4.69, 9.17) is 15.2 Å². The largest absolute Gasteiger partial charge is 0.382 e. The van der Waals surface area contributed by atoms with Crippen LogP contribution in [-0.2, 0) is 22.3 Å². The second-order valence-electron chi connectivity index (χ2n) is 5.19. The summed E-state index contributed by atoms with van der Waals surface area (Å²) in [7, 11) is 1.67. The highest BCUT2D eigenvalue weighted by Gasteiger charge is 2.11. The number of nitrogens with two attached hydrogens (primary N) is 1. The summed E-state index contributed by atoms with van der Waals surface area (Å²) >= 11 is 0. The summed E-state index contributed by atoms with van der Waals surface area (Å²) in [5.74, 6) is 1.31. The Morgan fingerprint density at radius 3 is 2.30 bits per heavy atom. The summed E-state index contributed by atoms with van der Waals surface area (Å²) in [4.78, 5) is 9.15.